The number of nitrogens with zero attached hydrogens (tertiary/aromatic N) is 1. The van der Waals surface area contributed by atoms with E-state index in [1.54, 1.807) is 23.1 Å². The average molecular weight is 432 g/mol. The summed E-state index contributed by atoms with van der Waals surface area (Å²) in [6, 6.07) is 4.52. The zero-order valence-electron chi connectivity index (χ0n) is 18.8. The van der Waals surface area contributed by atoms with Crippen molar-refractivity contribution in [3.8, 4) is 11.5 Å². The molecule has 8 heteroatoms. The molecular formula is C23H33N3O5. The van der Waals surface area contributed by atoms with Crippen molar-refractivity contribution in [2.24, 2.45) is 11.8 Å². The largest absolute Gasteiger partial charge is 0.497 e. The molecule has 3 amide bonds. The van der Waals surface area contributed by atoms with E-state index < -0.39 is 6.04 Å². The predicted octanol–water partition coefficient (Wildman–Crippen LogP) is 1.98. The van der Waals surface area contributed by atoms with E-state index in [1.165, 1.54) is 14.2 Å². The van der Waals surface area contributed by atoms with Crippen molar-refractivity contribution >= 4 is 17.7 Å². The highest BCUT2D eigenvalue weighted by atomic mass is 16.5. The monoisotopic (exact) mass is 431 g/mol. The first kappa shape index (κ1) is 22.9. The molecule has 1 aliphatic heterocycles. The Labute approximate surface area is 183 Å². The fourth-order valence-corrected chi connectivity index (χ4v) is 3.81. The molecule has 1 heterocycles. The van der Waals surface area contributed by atoms with E-state index in [9.17, 15) is 14.4 Å². The number of piperidine rings is 1. The first-order chi connectivity index (χ1) is 14.8. The van der Waals surface area contributed by atoms with Crippen molar-refractivity contribution < 1.29 is 23.9 Å². The molecule has 0 aromatic heterocycles. The summed E-state index contributed by atoms with van der Waals surface area (Å²) in [5.74, 6) is 0.212. The summed E-state index contributed by atoms with van der Waals surface area (Å²) in [5, 5.41) is 5.92. The third-order valence-corrected chi connectivity index (χ3v) is 5.86. The van der Waals surface area contributed by atoms with Gasteiger partial charge in [0.25, 0.3) is 5.91 Å². The van der Waals surface area contributed by atoms with E-state index in [0.29, 0.717) is 36.2 Å². The van der Waals surface area contributed by atoms with Crippen LogP contribution in [0.15, 0.2) is 18.2 Å². The van der Waals surface area contributed by atoms with Gasteiger partial charge >= 0.3 is 0 Å². The summed E-state index contributed by atoms with van der Waals surface area (Å²) in [6.45, 7) is 4.79. The van der Waals surface area contributed by atoms with Crippen molar-refractivity contribution in [2.75, 3.05) is 27.3 Å². The Balaban J connectivity index is 1.68. The maximum atomic E-state index is 13.3. The van der Waals surface area contributed by atoms with Crippen LogP contribution >= 0.6 is 0 Å². The molecule has 3 rings (SSSR count). The second-order valence-corrected chi connectivity index (χ2v) is 8.70. The standard InChI is InChI=1S/C23H33N3O5/c1-14(2)20(25-22(28)16-10-18(30-3)12-19(11-16)31-4)23(29)26-9-5-6-15(13-26)21(27)24-17-7-8-17/h10-12,14-15,17,20H,5-9,13H2,1-4H3,(H,24,27)(H,25,28). The molecule has 8 nitrogen and oxygen atoms in total. The molecule has 0 bridgehead atoms. The SMILES string of the molecule is COc1cc(OC)cc(C(=O)NC(C(=O)N2CCCC(C(=O)NC3CC3)C2)C(C)C)c1. The molecule has 2 N–H and O–H groups in total. The van der Waals surface area contributed by atoms with Crippen LogP contribution < -0.4 is 20.1 Å². The predicted molar refractivity (Wildman–Crippen MR) is 116 cm³/mol. The molecule has 2 atom stereocenters. The molecule has 1 saturated heterocycles. The minimum Gasteiger partial charge on any atom is -0.497 e. The third kappa shape index (κ3) is 5.89. The molecule has 170 valence electrons. The Hall–Kier alpha value is -2.77. The normalized spacial score (nSPS) is 19.5. The maximum Gasteiger partial charge on any atom is 0.252 e. The number of likely N-dealkylation sites (tertiary alicyclic amines) is 1. The van der Waals surface area contributed by atoms with Crippen LogP contribution in [0.4, 0.5) is 0 Å². The fraction of sp³-hybridized carbons (Fsp3) is 0.609. The lowest BCUT2D eigenvalue weighted by Gasteiger charge is -2.35. The highest BCUT2D eigenvalue weighted by Crippen LogP contribution is 2.24. The van der Waals surface area contributed by atoms with Crippen LogP contribution in [0.3, 0.4) is 0 Å². The second-order valence-electron chi connectivity index (χ2n) is 8.70. The molecule has 1 saturated carbocycles. The average Bonchev–Trinajstić information content (AvgIpc) is 3.60. The lowest BCUT2D eigenvalue weighted by atomic mass is 9.94. The molecule has 0 spiro atoms. The van der Waals surface area contributed by atoms with Crippen LogP contribution in [0, 0.1) is 11.8 Å². The van der Waals surface area contributed by atoms with Crippen molar-refractivity contribution in [2.45, 2.75) is 51.6 Å². The summed E-state index contributed by atoms with van der Waals surface area (Å²) in [6.07, 6.45) is 3.64. The van der Waals surface area contributed by atoms with Crippen molar-refractivity contribution in [3.63, 3.8) is 0 Å². The van der Waals surface area contributed by atoms with Gasteiger partial charge in [0.1, 0.15) is 17.5 Å². The first-order valence-electron chi connectivity index (χ1n) is 11.0. The summed E-state index contributed by atoms with van der Waals surface area (Å²) >= 11 is 0. The molecule has 1 aromatic rings. The van der Waals surface area contributed by atoms with Gasteiger partial charge in [-0.25, -0.2) is 0 Å². The van der Waals surface area contributed by atoms with E-state index >= 15 is 0 Å². The molecule has 1 aromatic carbocycles. The van der Waals surface area contributed by atoms with E-state index in [-0.39, 0.29) is 29.6 Å². The quantitative estimate of drug-likeness (QED) is 0.656. The lowest BCUT2D eigenvalue weighted by molar-refractivity contribution is -0.138. The Morgan fingerprint density at radius 3 is 2.23 bits per heavy atom. The van der Waals surface area contributed by atoms with Gasteiger partial charge in [-0.15, -0.1) is 0 Å². The molecule has 31 heavy (non-hydrogen) atoms. The van der Waals surface area contributed by atoms with Crippen LogP contribution in [0.25, 0.3) is 0 Å². The van der Waals surface area contributed by atoms with E-state index in [1.807, 2.05) is 13.8 Å². The Morgan fingerprint density at radius 1 is 1.03 bits per heavy atom. The minimum absolute atomic E-state index is 0.0357. The third-order valence-electron chi connectivity index (χ3n) is 5.86. The van der Waals surface area contributed by atoms with Crippen LogP contribution in [0.5, 0.6) is 11.5 Å². The van der Waals surface area contributed by atoms with Gasteiger partial charge in [-0.05, 0) is 43.7 Å². The number of rotatable bonds is 8. The van der Waals surface area contributed by atoms with E-state index in [4.69, 9.17) is 9.47 Å². The number of benzene rings is 1. The lowest BCUT2D eigenvalue weighted by Crippen LogP contribution is -2.54. The molecule has 0 radical (unpaired) electrons. The number of amides is 3. The van der Waals surface area contributed by atoms with Crippen molar-refractivity contribution in [3.05, 3.63) is 23.8 Å². The summed E-state index contributed by atoms with van der Waals surface area (Å²) in [4.78, 5) is 40.4. The van der Waals surface area contributed by atoms with Crippen LogP contribution in [-0.4, -0.2) is 62.0 Å². The Morgan fingerprint density at radius 2 is 1.68 bits per heavy atom. The fourth-order valence-electron chi connectivity index (χ4n) is 3.81. The molecule has 1 aliphatic carbocycles. The topological polar surface area (TPSA) is 97.0 Å². The summed E-state index contributed by atoms with van der Waals surface area (Å²) in [7, 11) is 3.03. The number of hydrogen-bond donors (Lipinski definition) is 2. The zero-order chi connectivity index (χ0) is 22.5. The number of methoxy groups -OCH3 is 2. The molecular weight excluding hydrogens is 398 g/mol. The van der Waals surface area contributed by atoms with Gasteiger partial charge in [0.15, 0.2) is 0 Å². The van der Waals surface area contributed by atoms with Gasteiger partial charge in [0, 0.05) is 30.8 Å². The van der Waals surface area contributed by atoms with Crippen LogP contribution in [-0.2, 0) is 9.59 Å². The summed E-state index contributed by atoms with van der Waals surface area (Å²) < 4.78 is 10.5. The Kier molecular flexibility index (Phi) is 7.41. The van der Waals surface area contributed by atoms with Gasteiger partial charge in [0.2, 0.25) is 11.8 Å². The highest BCUT2D eigenvalue weighted by Gasteiger charge is 2.35. The van der Waals surface area contributed by atoms with Gasteiger partial charge < -0.3 is 25.0 Å². The molecule has 2 unspecified atom stereocenters. The first-order valence-corrected chi connectivity index (χ1v) is 11.0. The number of nitrogens with one attached hydrogen (secondary N) is 2. The van der Waals surface area contributed by atoms with Gasteiger partial charge in [-0.2, -0.15) is 0 Å². The maximum absolute atomic E-state index is 13.3. The molecule has 2 aliphatic rings. The second kappa shape index (κ2) is 10.0. The van der Waals surface area contributed by atoms with Gasteiger partial charge in [0.05, 0.1) is 20.1 Å². The molecule has 2 fully saturated rings. The van der Waals surface area contributed by atoms with Crippen LogP contribution in [0.1, 0.15) is 49.9 Å². The highest BCUT2D eigenvalue weighted by molar-refractivity contribution is 5.98. The number of carbonyl (C=O) groups is 3. The minimum atomic E-state index is -0.685. The smallest absolute Gasteiger partial charge is 0.252 e. The van der Waals surface area contributed by atoms with Gasteiger partial charge in [-0.3, -0.25) is 14.4 Å². The van der Waals surface area contributed by atoms with Crippen molar-refractivity contribution in [1.29, 1.82) is 0 Å². The van der Waals surface area contributed by atoms with Crippen LogP contribution in [0.2, 0.25) is 0 Å². The Bertz CT molecular complexity index is 799. The number of carbonyl (C=O) groups excluding carboxylic acids is 3. The van der Waals surface area contributed by atoms with Gasteiger partial charge in [-0.1, -0.05) is 13.8 Å². The zero-order valence-corrected chi connectivity index (χ0v) is 18.8. The van der Waals surface area contributed by atoms with Crippen molar-refractivity contribution in [1.82, 2.24) is 15.5 Å². The van der Waals surface area contributed by atoms with E-state index in [2.05, 4.69) is 10.6 Å². The summed E-state index contributed by atoms with van der Waals surface area (Å²) in [5.41, 5.74) is 0.356. The van der Waals surface area contributed by atoms with E-state index in [0.717, 1.165) is 25.7 Å². The number of ether oxygens (including phenoxy) is 2. The number of hydrogen-bond acceptors (Lipinski definition) is 5.